The number of benzene rings is 1. The summed E-state index contributed by atoms with van der Waals surface area (Å²) in [6.07, 6.45) is 0. The van der Waals surface area contributed by atoms with E-state index in [0.29, 0.717) is 0 Å². The van der Waals surface area contributed by atoms with Gasteiger partial charge in [-0.15, -0.1) is 0 Å². The van der Waals surface area contributed by atoms with Crippen molar-refractivity contribution in [2.75, 3.05) is 5.73 Å². The lowest BCUT2D eigenvalue weighted by Crippen LogP contribution is -1.97. The summed E-state index contributed by atoms with van der Waals surface area (Å²) < 4.78 is 31.3. The molecule has 0 saturated heterocycles. The smallest absolute Gasteiger partial charge is 0.220 e. The summed E-state index contributed by atoms with van der Waals surface area (Å²) in [5.74, 6) is -2.49. The molecule has 0 spiro atoms. The fraction of sp³-hybridized carbons (Fsp3) is 0. The zero-order valence-corrected chi connectivity index (χ0v) is 9.02. The van der Waals surface area contributed by atoms with Crippen LogP contribution < -0.4 is 10.5 Å². The van der Waals surface area contributed by atoms with Gasteiger partial charge in [-0.05, 0) is 18.2 Å². The van der Waals surface area contributed by atoms with Gasteiger partial charge in [0, 0.05) is 6.07 Å². The van der Waals surface area contributed by atoms with E-state index in [9.17, 15) is 8.78 Å². The van der Waals surface area contributed by atoms with E-state index in [1.54, 1.807) is 6.07 Å². The molecule has 0 saturated carbocycles. The molecule has 0 aliphatic carbocycles. The van der Waals surface area contributed by atoms with E-state index in [2.05, 4.69) is 4.98 Å². The van der Waals surface area contributed by atoms with Crippen LogP contribution >= 0.6 is 0 Å². The molecule has 2 aromatic rings. The highest BCUT2D eigenvalue weighted by atomic mass is 19.2. The third kappa shape index (κ3) is 2.20. The van der Waals surface area contributed by atoms with Gasteiger partial charge in [-0.25, -0.2) is 9.37 Å². The standard InChI is InChI=1S/C12H7F2N3O/c13-7-2-1-3-10(12(7)14)18-11-5-4-8(16)9(6-15)17-11/h1-5H,16H2. The van der Waals surface area contributed by atoms with Gasteiger partial charge in [-0.3, -0.25) is 0 Å². The van der Waals surface area contributed by atoms with Crippen molar-refractivity contribution in [3.8, 4) is 17.7 Å². The number of nitrogens with zero attached hydrogens (tertiary/aromatic N) is 2. The van der Waals surface area contributed by atoms with Crippen molar-refractivity contribution < 1.29 is 13.5 Å². The molecule has 90 valence electrons. The van der Waals surface area contributed by atoms with Gasteiger partial charge in [0.1, 0.15) is 6.07 Å². The van der Waals surface area contributed by atoms with Crippen LogP contribution in [0.25, 0.3) is 0 Å². The number of nitriles is 1. The van der Waals surface area contributed by atoms with Crippen molar-refractivity contribution in [1.82, 2.24) is 4.98 Å². The van der Waals surface area contributed by atoms with Gasteiger partial charge in [-0.2, -0.15) is 9.65 Å². The maximum Gasteiger partial charge on any atom is 0.220 e. The molecular weight excluding hydrogens is 240 g/mol. The van der Waals surface area contributed by atoms with Crippen LogP contribution in [-0.2, 0) is 0 Å². The molecule has 0 aliphatic rings. The molecule has 1 aromatic heterocycles. The average Bonchev–Trinajstić information content (AvgIpc) is 2.37. The number of ether oxygens (including phenoxy) is 1. The lowest BCUT2D eigenvalue weighted by atomic mass is 10.3. The number of nitrogen functional groups attached to an aromatic ring is 1. The monoisotopic (exact) mass is 247 g/mol. The number of hydrogen-bond acceptors (Lipinski definition) is 4. The minimum Gasteiger partial charge on any atom is -0.436 e. The van der Waals surface area contributed by atoms with E-state index in [1.165, 1.54) is 24.3 Å². The van der Waals surface area contributed by atoms with Crippen LogP contribution in [-0.4, -0.2) is 4.98 Å². The Kier molecular flexibility index (Phi) is 3.06. The summed E-state index contributed by atoms with van der Waals surface area (Å²) in [7, 11) is 0. The van der Waals surface area contributed by atoms with E-state index in [0.717, 1.165) is 6.07 Å². The van der Waals surface area contributed by atoms with Gasteiger partial charge >= 0.3 is 0 Å². The van der Waals surface area contributed by atoms with Gasteiger partial charge in [0.2, 0.25) is 11.7 Å². The predicted molar refractivity (Wildman–Crippen MR) is 59.8 cm³/mol. The van der Waals surface area contributed by atoms with Crippen molar-refractivity contribution in [3.63, 3.8) is 0 Å². The average molecular weight is 247 g/mol. The molecule has 0 amide bonds. The first kappa shape index (κ1) is 11.8. The normalized spacial score (nSPS) is 9.83. The van der Waals surface area contributed by atoms with Crippen LogP contribution in [0, 0.1) is 23.0 Å². The zero-order valence-electron chi connectivity index (χ0n) is 9.02. The van der Waals surface area contributed by atoms with E-state index >= 15 is 0 Å². The number of halogens is 2. The second-order valence-electron chi connectivity index (χ2n) is 3.35. The number of hydrogen-bond donors (Lipinski definition) is 1. The SMILES string of the molecule is N#Cc1nc(Oc2cccc(F)c2F)ccc1N. The van der Waals surface area contributed by atoms with Crippen molar-refractivity contribution in [2.45, 2.75) is 0 Å². The Morgan fingerprint density at radius 1 is 1.22 bits per heavy atom. The quantitative estimate of drug-likeness (QED) is 0.885. The van der Waals surface area contributed by atoms with Crippen LogP contribution in [0.2, 0.25) is 0 Å². The lowest BCUT2D eigenvalue weighted by molar-refractivity contribution is 0.405. The van der Waals surface area contributed by atoms with Crippen LogP contribution in [0.15, 0.2) is 30.3 Å². The Bertz CT molecular complexity index is 638. The number of rotatable bonds is 2. The molecule has 2 rings (SSSR count). The third-order valence-electron chi connectivity index (χ3n) is 2.14. The molecule has 6 heteroatoms. The van der Waals surface area contributed by atoms with Crippen molar-refractivity contribution >= 4 is 5.69 Å². The molecule has 0 atom stereocenters. The van der Waals surface area contributed by atoms with Crippen molar-refractivity contribution in [2.24, 2.45) is 0 Å². The summed E-state index contributed by atoms with van der Waals surface area (Å²) >= 11 is 0. The molecule has 2 N–H and O–H groups in total. The molecule has 1 heterocycles. The summed E-state index contributed by atoms with van der Waals surface area (Å²) in [6.45, 7) is 0. The van der Waals surface area contributed by atoms with Gasteiger partial charge in [0.15, 0.2) is 17.3 Å². The zero-order chi connectivity index (χ0) is 13.1. The first-order valence-corrected chi connectivity index (χ1v) is 4.90. The summed E-state index contributed by atoms with van der Waals surface area (Å²) in [5.41, 5.74) is 5.62. The highest BCUT2D eigenvalue weighted by molar-refractivity contribution is 5.51. The Labute approximate surface area is 101 Å². The molecule has 0 radical (unpaired) electrons. The molecular formula is C12H7F2N3O. The van der Waals surface area contributed by atoms with Crippen molar-refractivity contribution in [1.29, 1.82) is 5.26 Å². The highest BCUT2D eigenvalue weighted by Crippen LogP contribution is 2.25. The molecule has 0 bridgehead atoms. The maximum atomic E-state index is 13.3. The highest BCUT2D eigenvalue weighted by Gasteiger charge is 2.11. The molecule has 0 fully saturated rings. The molecule has 4 nitrogen and oxygen atoms in total. The molecule has 1 aromatic carbocycles. The summed E-state index contributed by atoms with van der Waals surface area (Å²) in [4.78, 5) is 3.76. The van der Waals surface area contributed by atoms with Crippen LogP contribution in [0.4, 0.5) is 14.5 Å². The Morgan fingerprint density at radius 2 is 2.00 bits per heavy atom. The molecule has 18 heavy (non-hydrogen) atoms. The lowest BCUT2D eigenvalue weighted by Gasteiger charge is -2.06. The van der Waals surface area contributed by atoms with Crippen LogP contribution in [0.3, 0.4) is 0 Å². The topological polar surface area (TPSA) is 71.9 Å². The molecule has 0 aliphatic heterocycles. The first-order chi connectivity index (χ1) is 8.61. The van der Waals surface area contributed by atoms with Gasteiger partial charge in [-0.1, -0.05) is 6.07 Å². The first-order valence-electron chi connectivity index (χ1n) is 4.90. The van der Waals surface area contributed by atoms with Gasteiger partial charge in [0.25, 0.3) is 0 Å². The third-order valence-corrected chi connectivity index (χ3v) is 2.14. The van der Waals surface area contributed by atoms with E-state index in [4.69, 9.17) is 15.7 Å². The molecule has 0 unspecified atom stereocenters. The van der Waals surface area contributed by atoms with Gasteiger partial charge in [0.05, 0.1) is 5.69 Å². The summed E-state index contributed by atoms with van der Waals surface area (Å²) in [6, 6.07) is 8.05. The fourth-order valence-electron chi connectivity index (χ4n) is 1.27. The number of nitrogens with two attached hydrogens (primary N) is 1. The van der Waals surface area contributed by atoms with E-state index < -0.39 is 11.6 Å². The maximum absolute atomic E-state index is 13.3. The summed E-state index contributed by atoms with van der Waals surface area (Å²) in [5, 5.41) is 8.73. The Morgan fingerprint density at radius 3 is 2.72 bits per heavy atom. The number of pyridine rings is 1. The minimum atomic E-state index is -1.12. The fourth-order valence-corrected chi connectivity index (χ4v) is 1.27. The minimum absolute atomic E-state index is 0.0368. The second kappa shape index (κ2) is 4.67. The Hall–Kier alpha value is -2.68. The number of anilines is 1. The van der Waals surface area contributed by atoms with E-state index in [1.807, 2.05) is 0 Å². The van der Waals surface area contributed by atoms with Gasteiger partial charge < -0.3 is 10.5 Å². The predicted octanol–water partition coefficient (Wildman–Crippen LogP) is 2.61. The number of aromatic nitrogens is 1. The largest absolute Gasteiger partial charge is 0.436 e. The van der Waals surface area contributed by atoms with Crippen LogP contribution in [0.5, 0.6) is 11.6 Å². The van der Waals surface area contributed by atoms with Crippen LogP contribution in [0.1, 0.15) is 5.69 Å². The van der Waals surface area contributed by atoms with Crippen molar-refractivity contribution in [3.05, 3.63) is 47.7 Å². The Balaban J connectivity index is 2.35. The second-order valence-corrected chi connectivity index (χ2v) is 3.35. The van der Waals surface area contributed by atoms with E-state index in [-0.39, 0.29) is 23.0 Å².